The fraction of sp³-hybridized carbons (Fsp3) is 0.0816. The van der Waals surface area contributed by atoms with Gasteiger partial charge in [-0.3, -0.25) is 0 Å². The zero-order chi connectivity index (χ0) is 71.4. The third kappa shape index (κ3) is 11.3. The maximum Gasteiger partial charge on any atom is 0.252 e. The first kappa shape index (κ1) is 65.1. The van der Waals surface area contributed by atoms with Gasteiger partial charge in [0.2, 0.25) is 6.71 Å². The summed E-state index contributed by atoms with van der Waals surface area (Å²) in [5, 5.41) is 0. The highest BCUT2D eigenvalue weighted by molar-refractivity contribution is 8.01. The van der Waals surface area contributed by atoms with Gasteiger partial charge in [-0.25, -0.2) is 0 Å². The first-order chi connectivity index (χ1) is 51.9. The van der Waals surface area contributed by atoms with Crippen LogP contribution in [0.5, 0.6) is 0 Å². The molecular weight excluding hydrogens is 1320 g/mol. The van der Waals surface area contributed by atoms with Gasteiger partial charge in [0, 0.05) is 87.5 Å². The number of hydrogen-bond donors (Lipinski definition) is 0. The molecule has 0 radical (unpaired) electrons. The number of hydrogen-bond acceptors (Lipinski definition) is 6. The van der Waals surface area contributed by atoms with E-state index in [1.165, 1.54) is 85.9 Å². The van der Waals surface area contributed by atoms with Gasteiger partial charge in [0.05, 0.1) is 17.1 Å². The lowest BCUT2D eigenvalue weighted by Gasteiger charge is -2.46. The van der Waals surface area contributed by atoms with Crippen LogP contribution in [-0.2, 0) is 10.8 Å². The van der Waals surface area contributed by atoms with Gasteiger partial charge < -0.3 is 19.6 Å². The van der Waals surface area contributed by atoms with E-state index in [1.807, 2.05) is 23.5 Å². The van der Waals surface area contributed by atoms with Crippen LogP contribution in [0, 0.1) is 0 Å². The predicted octanol–water partition coefficient (Wildman–Crippen LogP) is 23.4. The van der Waals surface area contributed by atoms with Gasteiger partial charge in [-0.15, -0.1) is 0 Å². The van der Waals surface area contributed by atoms with Crippen LogP contribution in [0.4, 0.5) is 68.2 Å². The standard InChI is InChI=1S/C98H76B2N4S2/c1-97(2,3)70-53-47-68(48-54-70)79-40-28-41-80(69-49-55-71(56-50-69)98(4,5)6)96(79)104-87-64-91-84(63-83(87)99-81-42-23-26-45-86(81)103(74-37-20-11-21-38-74)88-59-76(60-89(104)94(88)99)101(72-33-16-9-17-34-72)73-35-18-10-19-36-73)100-82-43-24-27-46-90(82)105-92-61-77(62-93(106-91)95(92)100)102(75-57-51-66(52-58-75)65-29-12-7-13-30-65)85-44-25-22-39-78(85)67-31-14-8-15-32-67/h7-64H,1-6H3. The molecule has 106 heavy (non-hydrogen) atoms. The highest BCUT2D eigenvalue weighted by Crippen LogP contribution is 2.55. The Kier molecular flexibility index (Phi) is 16.1. The smallest absolute Gasteiger partial charge is 0.252 e. The Balaban J connectivity index is 0.909. The van der Waals surface area contributed by atoms with Crippen molar-refractivity contribution in [3.8, 4) is 44.5 Å². The summed E-state index contributed by atoms with van der Waals surface area (Å²) in [7, 11) is 0. The molecule has 15 aromatic carbocycles. The summed E-state index contributed by atoms with van der Waals surface area (Å²) in [5.74, 6) is 0. The molecule has 0 bridgehead atoms. The number of anilines is 12. The molecule has 4 heterocycles. The first-order valence-electron chi connectivity index (χ1n) is 36.9. The third-order valence-electron chi connectivity index (χ3n) is 21.9. The fourth-order valence-corrected chi connectivity index (χ4v) is 19.2. The SMILES string of the molecule is CC(C)(C)c1ccc(-c2cccc(-c3ccc(C(C)(C)C)cc3)c2N2c3cc4c(cc3B3c5ccccc5N(c5ccccc5)c5cc(N(c6ccccc6)c6ccccc6)cc2c53)B2c3ccccc3Sc3cc(N(c5ccc(-c6ccccc6)cc5)c5ccccc5-c5ccccc5)cc(c32)S4)cc1. The molecule has 0 saturated carbocycles. The van der Waals surface area contributed by atoms with Crippen LogP contribution in [0.15, 0.2) is 371 Å². The van der Waals surface area contributed by atoms with E-state index in [-0.39, 0.29) is 24.3 Å². The van der Waals surface area contributed by atoms with Gasteiger partial charge in [0.1, 0.15) is 0 Å². The van der Waals surface area contributed by atoms with Crippen molar-refractivity contribution in [2.75, 3.05) is 19.6 Å². The number of rotatable bonds is 12. The summed E-state index contributed by atoms with van der Waals surface area (Å²) in [6.07, 6.45) is 0. The number of nitrogens with zero attached hydrogens (tertiary/aromatic N) is 4. The summed E-state index contributed by atoms with van der Waals surface area (Å²) in [5.41, 5.74) is 32.9. The summed E-state index contributed by atoms with van der Waals surface area (Å²) in [6, 6.07) is 132. The molecule has 4 aliphatic heterocycles. The van der Waals surface area contributed by atoms with Crippen LogP contribution >= 0.6 is 23.5 Å². The number of fused-ring (bicyclic) bond motifs is 8. The number of benzene rings is 15. The largest absolute Gasteiger partial charge is 0.311 e. The van der Waals surface area contributed by atoms with Crippen molar-refractivity contribution in [1.82, 2.24) is 0 Å². The van der Waals surface area contributed by atoms with Gasteiger partial charge in [0.15, 0.2) is 0 Å². The molecule has 8 heteroatoms. The van der Waals surface area contributed by atoms with E-state index in [0.29, 0.717) is 0 Å². The Morgan fingerprint density at radius 1 is 0.264 bits per heavy atom. The third-order valence-corrected chi connectivity index (χ3v) is 24.1. The molecule has 0 amide bonds. The van der Waals surface area contributed by atoms with Gasteiger partial charge >= 0.3 is 0 Å². The Morgan fingerprint density at radius 2 is 0.708 bits per heavy atom. The fourth-order valence-electron chi connectivity index (χ4n) is 16.8. The minimum Gasteiger partial charge on any atom is -0.311 e. The van der Waals surface area contributed by atoms with Crippen LogP contribution in [0.2, 0.25) is 0 Å². The maximum atomic E-state index is 2.73. The summed E-state index contributed by atoms with van der Waals surface area (Å²) >= 11 is 3.85. The Labute approximate surface area is 632 Å². The highest BCUT2D eigenvalue weighted by Gasteiger charge is 2.48. The van der Waals surface area contributed by atoms with E-state index < -0.39 is 0 Å². The quantitative estimate of drug-likeness (QED) is 0.112. The normalized spacial score (nSPS) is 13.0. The zero-order valence-corrected chi connectivity index (χ0v) is 61.9. The second-order valence-electron chi connectivity index (χ2n) is 30.4. The van der Waals surface area contributed by atoms with Gasteiger partial charge in [0.25, 0.3) is 6.71 Å². The van der Waals surface area contributed by atoms with Crippen molar-refractivity contribution < 1.29 is 0 Å². The molecule has 0 spiro atoms. The second kappa shape index (κ2) is 26.2. The van der Waals surface area contributed by atoms with Crippen molar-refractivity contribution >= 4 is 138 Å². The highest BCUT2D eigenvalue weighted by atomic mass is 32.2. The van der Waals surface area contributed by atoms with Crippen LogP contribution in [-0.4, -0.2) is 13.4 Å². The van der Waals surface area contributed by atoms with Gasteiger partial charge in [-0.05, 0) is 169 Å². The van der Waals surface area contributed by atoms with Crippen molar-refractivity contribution in [2.24, 2.45) is 0 Å². The lowest BCUT2D eigenvalue weighted by Crippen LogP contribution is -2.64. The van der Waals surface area contributed by atoms with E-state index in [2.05, 4.69) is 413 Å². The van der Waals surface area contributed by atoms with E-state index in [9.17, 15) is 0 Å². The molecule has 4 nitrogen and oxygen atoms in total. The van der Waals surface area contributed by atoms with Crippen molar-refractivity contribution in [3.05, 3.63) is 363 Å². The number of para-hydroxylation sites is 6. The minimum absolute atomic E-state index is 0.0455. The van der Waals surface area contributed by atoms with Crippen molar-refractivity contribution in [1.29, 1.82) is 0 Å². The van der Waals surface area contributed by atoms with Crippen LogP contribution in [0.25, 0.3) is 44.5 Å². The average molecular weight is 1400 g/mol. The molecule has 0 aromatic heterocycles. The van der Waals surface area contributed by atoms with E-state index in [1.54, 1.807) is 0 Å². The van der Waals surface area contributed by atoms with E-state index >= 15 is 0 Å². The minimum atomic E-state index is -0.186. The molecule has 4 aliphatic rings. The van der Waals surface area contributed by atoms with Crippen LogP contribution in [0.1, 0.15) is 52.7 Å². The topological polar surface area (TPSA) is 13.0 Å². The molecular formula is C98H76B2N4S2. The first-order valence-corrected chi connectivity index (χ1v) is 38.6. The van der Waals surface area contributed by atoms with Crippen LogP contribution < -0.4 is 52.4 Å². The Hall–Kier alpha value is -11.7. The van der Waals surface area contributed by atoms with Gasteiger partial charge in [-0.2, -0.15) is 0 Å². The zero-order valence-electron chi connectivity index (χ0n) is 60.2. The molecule has 0 aliphatic carbocycles. The van der Waals surface area contributed by atoms with E-state index in [0.717, 1.165) is 90.4 Å². The molecule has 0 atom stereocenters. The lowest BCUT2D eigenvalue weighted by molar-refractivity contribution is 0.590. The average Bonchev–Trinajstić information content (AvgIpc) is 0.687. The second-order valence-corrected chi connectivity index (χ2v) is 32.5. The monoisotopic (exact) mass is 1390 g/mol. The maximum absolute atomic E-state index is 2.73. The van der Waals surface area contributed by atoms with Gasteiger partial charge in [-0.1, -0.05) is 331 Å². The van der Waals surface area contributed by atoms with E-state index in [4.69, 9.17) is 0 Å². The molecule has 506 valence electrons. The Bertz CT molecular complexity index is 5750. The summed E-state index contributed by atoms with van der Waals surface area (Å²) in [6.45, 7) is 13.6. The lowest BCUT2D eigenvalue weighted by atomic mass is 9.31. The van der Waals surface area contributed by atoms with Crippen LogP contribution in [0.3, 0.4) is 0 Å². The molecule has 19 rings (SSSR count). The molecule has 0 N–H and O–H groups in total. The predicted molar refractivity (Wildman–Crippen MR) is 455 cm³/mol. The summed E-state index contributed by atoms with van der Waals surface area (Å²) < 4.78 is 0. The molecule has 0 saturated heterocycles. The van der Waals surface area contributed by atoms with Crippen molar-refractivity contribution in [2.45, 2.75) is 72.0 Å². The molecule has 0 unspecified atom stereocenters. The summed E-state index contributed by atoms with van der Waals surface area (Å²) in [4.78, 5) is 15.3. The Morgan fingerprint density at radius 3 is 1.31 bits per heavy atom. The molecule has 15 aromatic rings. The van der Waals surface area contributed by atoms with Crippen molar-refractivity contribution in [3.63, 3.8) is 0 Å². The molecule has 0 fully saturated rings.